The summed E-state index contributed by atoms with van der Waals surface area (Å²) in [7, 11) is 0. The molecule has 2 aromatic rings. The molecule has 1 fully saturated rings. The maximum atomic E-state index is 12.7. The molecule has 2 aliphatic rings. The number of fused-ring (bicyclic) bond motifs is 1. The number of nitrogens with one attached hydrogen (secondary N) is 1. The van der Waals surface area contributed by atoms with Crippen LogP contribution in [-0.2, 0) is 11.2 Å². The molecule has 0 bridgehead atoms. The monoisotopic (exact) mass is 338 g/mol. The smallest absolute Gasteiger partial charge is 0.224 e. The number of amides is 1. The number of imidazole rings is 1. The molecule has 1 saturated heterocycles. The summed E-state index contributed by atoms with van der Waals surface area (Å²) in [5.41, 5.74) is 3.80. The fraction of sp³-hybridized carbons (Fsp3) is 0.500. The normalized spacial score (nSPS) is 20.0. The van der Waals surface area contributed by atoms with Crippen molar-refractivity contribution in [2.24, 2.45) is 0 Å². The number of aryl methyl sites for hydroxylation is 1. The van der Waals surface area contributed by atoms with Gasteiger partial charge in [-0.25, -0.2) is 4.98 Å². The number of H-pyrrole nitrogens is 1. The van der Waals surface area contributed by atoms with E-state index < -0.39 is 0 Å². The van der Waals surface area contributed by atoms with E-state index in [1.807, 2.05) is 18.0 Å². The third-order valence-corrected chi connectivity index (χ3v) is 5.46. The Hall–Kier alpha value is -2.30. The van der Waals surface area contributed by atoms with E-state index in [-0.39, 0.29) is 5.91 Å². The van der Waals surface area contributed by atoms with Crippen molar-refractivity contribution in [3.63, 3.8) is 0 Å². The number of anilines is 1. The number of nitrogens with zero attached hydrogens (tertiary/aromatic N) is 3. The third-order valence-electron chi connectivity index (χ3n) is 5.46. The highest BCUT2D eigenvalue weighted by atomic mass is 16.2. The van der Waals surface area contributed by atoms with Gasteiger partial charge < -0.3 is 14.8 Å². The zero-order valence-corrected chi connectivity index (χ0v) is 14.9. The van der Waals surface area contributed by atoms with Gasteiger partial charge in [0.2, 0.25) is 5.91 Å². The number of piperidine rings is 1. The van der Waals surface area contributed by atoms with E-state index >= 15 is 0 Å². The van der Waals surface area contributed by atoms with E-state index in [1.54, 1.807) is 0 Å². The topological polar surface area (TPSA) is 52.2 Å². The molecule has 1 aromatic carbocycles. The summed E-state index contributed by atoms with van der Waals surface area (Å²) in [5.74, 6) is 1.65. The van der Waals surface area contributed by atoms with E-state index in [1.165, 1.54) is 11.3 Å². The Bertz CT molecular complexity index is 754. The largest absolute Gasteiger partial charge is 0.370 e. The highest BCUT2D eigenvalue weighted by Crippen LogP contribution is 2.28. The number of likely N-dealkylation sites (tertiary alicyclic amines) is 1. The standard InChI is InChI=1S/C20H26N4O/c1-15-13-21-20(22-15)17-6-4-10-24(14-17)19(25)9-12-23-11-8-16-5-2-3-7-18(16)23/h2-3,5,7,13,17H,4,6,8-12,14H2,1H3,(H,21,22)/t17-/m1/s1. The van der Waals surface area contributed by atoms with Gasteiger partial charge in [-0.05, 0) is 37.8 Å². The maximum Gasteiger partial charge on any atom is 0.224 e. The molecular weight excluding hydrogens is 312 g/mol. The average molecular weight is 338 g/mol. The Kier molecular flexibility index (Phi) is 4.47. The SMILES string of the molecule is Cc1cnc([C@@H]2CCCN(C(=O)CCN3CCc4ccccc43)C2)[nH]1. The van der Waals surface area contributed by atoms with Crippen LogP contribution in [0.4, 0.5) is 5.69 Å². The molecule has 0 unspecified atom stereocenters. The number of rotatable bonds is 4. The van der Waals surface area contributed by atoms with Gasteiger partial charge in [0, 0.05) is 56.1 Å². The summed E-state index contributed by atoms with van der Waals surface area (Å²) in [6.45, 7) is 5.54. The number of aromatic nitrogens is 2. The Morgan fingerprint density at radius 3 is 3.04 bits per heavy atom. The van der Waals surface area contributed by atoms with E-state index in [9.17, 15) is 4.79 Å². The van der Waals surface area contributed by atoms with Gasteiger partial charge in [-0.3, -0.25) is 4.79 Å². The van der Waals surface area contributed by atoms with Crippen molar-refractivity contribution in [3.05, 3.63) is 47.5 Å². The zero-order chi connectivity index (χ0) is 17.2. The number of carbonyl (C=O) groups is 1. The molecule has 5 heteroatoms. The molecule has 1 N–H and O–H groups in total. The van der Waals surface area contributed by atoms with Crippen molar-refractivity contribution >= 4 is 11.6 Å². The summed E-state index contributed by atoms with van der Waals surface area (Å²) in [6.07, 6.45) is 5.73. The Labute approximate surface area is 149 Å². The van der Waals surface area contributed by atoms with Crippen molar-refractivity contribution < 1.29 is 4.79 Å². The van der Waals surface area contributed by atoms with E-state index in [4.69, 9.17) is 0 Å². The van der Waals surface area contributed by atoms with Gasteiger partial charge in [-0.15, -0.1) is 0 Å². The first-order chi connectivity index (χ1) is 12.2. The van der Waals surface area contributed by atoms with Crippen molar-refractivity contribution in [1.82, 2.24) is 14.9 Å². The average Bonchev–Trinajstić information content (AvgIpc) is 3.26. The molecule has 0 saturated carbocycles. The molecule has 0 spiro atoms. The molecule has 132 valence electrons. The lowest BCUT2D eigenvalue weighted by atomic mass is 9.97. The summed E-state index contributed by atoms with van der Waals surface area (Å²) in [6, 6.07) is 8.54. The quantitative estimate of drug-likeness (QED) is 0.933. The van der Waals surface area contributed by atoms with Crippen LogP contribution < -0.4 is 4.90 Å². The van der Waals surface area contributed by atoms with Crippen molar-refractivity contribution in [3.8, 4) is 0 Å². The first kappa shape index (κ1) is 16.2. The predicted octanol–water partition coefficient (Wildman–Crippen LogP) is 2.88. The number of carbonyl (C=O) groups excluding carboxylic acids is 1. The number of hydrogen-bond acceptors (Lipinski definition) is 3. The highest BCUT2D eigenvalue weighted by Gasteiger charge is 2.27. The summed E-state index contributed by atoms with van der Waals surface area (Å²) >= 11 is 0. The van der Waals surface area contributed by atoms with Gasteiger partial charge >= 0.3 is 0 Å². The van der Waals surface area contributed by atoms with Crippen LogP contribution in [0.15, 0.2) is 30.5 Å². The zero-order valence-electron chi connectivity index (χ0n) is 14.9. The maximum absolute atomic E-state index is 12.7. The number of aromatic amines is 1. The first-order valence-electron chi connectivity index (χ1n) is 9.33. The molecule has 5 nitrogen and oxygen atoms in total. The highest BCUT2D eigenvalue weighted by molar-refractivity contribution is 5.77. The molecule has 0 aliphatic carbocycles. The predicted molar refractivity (Wildman–Crippen MR) is 98.9 cm³/mol. The molecule has 25 heavy (non-hydrogen) atoms. The minimum absolute atomic E-state index is 0.275. The van der Waals surface area contributed by atoms with Gasteiger partial charge in [-0.2, -0.15) is 0 Å². The molecule has 1 atom stereocenters. The van der Waals surface area contributed by atoms with Crippen LogP contribution in [0.25, 0.3) is 0 Å². The fourth-order valence-electron chi connectivity index (χ4n) is 4.09. The molecular formula is C20H26N4O. The Morgan fingerprint density at radius 1 is 1.32 bits per heavy atom. The number of benzene rings is 1. The molecule has 3 heterocycles. The molecule has 0 radical (unpaired) electrons. The Balaban J connectivity index is 1.34. The van der Waals surface area contributed by atoms with Crippen LogP contribution in [0.1, 0.15) is 42.3 Å². The van der Waals surface area contributed by atoms with Gasteiger partial charge in [0.1, 0.15) is 5.82 Å². The van der Waals surface area contributed by atoms with Crippen LogP contribution in [-0.4, -0.2) is 47.0 Å². The second kappa shape index (κ2) is 6.90. The van der Waals surface area contributed by atoms with Crippen molar-refractivity contribution in [2.45, 2.75) is 38.5 Å². The van der Waals surface area contributed by atoms with E-state index in [0.29, 0.717) is 12.3 Å². The number of para-hydroxylation sites is 1. The summed E-state index contributed by atoms with van der Waals surface area (Å²) in [5, 5.41) is 0. The van der Waals surface area contributed by atoms with Gasteiger partial charge in [0.15, 0.2) is 0 Å². The lowest BCUT2D eigenvalue weighted by molar-refractivity contribution is -0.132. The second-order valence-corrected chi connectivity index (χ2v) is 7.25. The molecule has 1 amide bonds. The van der Waals surface area contributed by atoms with Crippen LogP contribution in [0.2, 0.25) is 0 Å². The fourth-order valence-corrected chi connectivity index (χ4v) is 4.09. The van der Waals surface area contributed by atoms with Crippen LogP contribution in [0, 0.1) is 6.92 Å². The lowest BCUT2D eigenvalue weighted by Gasteiger charge is -2.32. The molecule has 4 rings (SSSR count). The Morgan fingerprint density at radius 2 is 2.20 bits per heavy atom. The minimum atomic E-state index is 0.275. The molecule has 2 aliphatic heterocycles. The minimum Gasteiger partial charge on any atom is -0.370 e. The van der Waals surface area contributed by atoms with Crippen LogP contribution in [0.3, 0.4) is 0 Å². The summed E-state index contributed by atoms with van der Waals surface area (Å²) < 4.78 is 0. The van der Waals surface area contributed by atoms with Crippen molar-refractivity contribution in [1.29, 1.82) is 0 Å². The van der Waals surface area contributed by atoms with Crippen LogP contribution >= 0.6 is 0 Å². The van der Waals surface area contributed by atoms with Gasteiger partial charge in [0.25, 0.3) is 0 Å². The van der Waals surface area contributed by atoms with Gasteiger partial charge in [-0.1, -0.05) is 18.2 Å². The molecule has 1 aromatic heterocycles. The van der Waals surface area contributed by atoms with Crippen LogP contribution in [0.5, 0.6) is 0 Å². The van der Waals surface area contributed by atoms with Gasteiger partial charge in [0.05, 0.1) is 0 Å². The second-order valence-electron chi connectivity index (χ2n) is 7.25. The van der Waals surface area contributed by atoms with E-state index in [2.05, 4.69) is 39.1 Å². The third kappa shape index (κ3) is 3.41. The number of hydrogen-bond donors (Lipinski definition) is 1. The lowest BCUT2D eigenvalue weighted by Crippen LogP contribution is -2.40. The van der Waals surface area contributed by atoms with E-state index in [0.717, 1.165) is 57.0 Å². The van der Waals surface area contributed by atoms with Crippen molar-refractivity contribution in [2.75, 3.05) is 31.1 Å². The summed E-state index contributed by atoms with van der Waals surface area (Å²) in [4.78, 5) is 24.9. The first-order valence-corrected chi connectivity index (χ1v) is 9.33.